The third-order valence-corrected chi connectivity index (χ3v) is 3.30. The highest BCUT2D eigenvalue weighted by molar-refractivity contribution is 5.41. The lowest BCUT2D eigenvalue weighted by Gasteiger charge is -2.44. The molecule has 0 N–H and O–H groups in total. The van der Waals surface area contributed by atoms with Crippen molar-refractivity contribution < 1.29 is 22.6 Å². The van der Waals surface area contributed by atoms with Crippen LogP contribution in [-0.4, -0.2) is 18.8 Å². The van der Waals surface area contributed by atoms with Gasteiger partial charge < -0.3 is 9.47 Å². The lowest BCUT2D eigenvalue weighted by molar-refractivity contribution is -0.170. The summed E-state index contributed by atoms with van der Waals surface area (Å²) in [6, 6.07) is 3.70. The van der Waals surface area contributed by atoms with Crippen molar-refractivity contribution >= 4 is 0 Å². The number of rotatable bonds is 0. The van der Waals surface area contributed by atoms with Gasteiger partial charge in [0.05, 0.1) is 18.8 Å². The first-order valence-electron chi connectivity index (χ1n) is 5.45. The molecule has 1 spiro atoms. The molecule has 0 bridgehead atoms. The highest BCUT2D eigenvalue weighted by Gasteiger charge is 2.44. The van der Waals surface area contributed by atoms with E-state index in [4.69, 9.17) is 9.47 Å². The molecule has 1 fully saturated rings. The highest BCUT2D eigenvalue weighted by Crippen LogP contribution is 2.40. The molecule has 0 saturated carbocycles. The summed E-state index contributed by atoms with van der Waals surface area (Å²) in [7, 11) is 0. The van der Waals surface area contributed by atoms with Crippen LogP contribution in [0.4, 0.5) is 13.2 Å². The second-order valence-corrected chi connectivity index (χ2v) is 4.60. The molecule has 0 atom stereocenters. The Balaban J connectivity index is 1.94. The lowest BCUT2D eigenvalue weighted by Crippen LogP contribution is -2.56. The molecule has 2 nitrogen and oxygen atoms in total. The number of aryl methyl sites for hydroxylation is 1. The second-order valence-electron chi connectivity index (χ2n) is 4.60. The molecule has 2 heterocycles. The summed E-state index contributed by atoms with van der Waals surface area (Å²) < 4.78 is 48.4. The maximum Gasteiger partial charge on any atom is 0.416 e. The molecule has 0 aliphatic carbocycles. The van der Waals surface area contributed by atoms with Gasteiger partial charge in [0, 0.05) is 0 Å². The minimum atomic E-state index is -4.32. The standard InChI is InChI=1S/C12H11F3O2/c13-12(14,15)9-2-1-8-3-4-11(6-16-7-11)17-10(8)5-9/h1-2,5H,3-4,6-7H2. The van der Waals surface area contributed by atoms with Gasteiger partial charge in [0.25, 0.3) is 0 Å². The number of ether oxygens (including phenoxy) is 2. The summed E-state index contributed by atoms with van der Waals surface area (Å²) in [4.78, 5) is 0. The van der Waals surface area contributed by atoms with Crippen LogP contribution in [0.25, 0.3) is 0 Å². The Morgan fingerprint density at radius 2 is 1.94 bits per heavy atom. The second kappa shape index (κ2) is 3.38. The summed E-state index contributed by atoms with van der Waals surface area (Å²) in [6.45, 7) is 0.950. The van der Waals surface area contributed by atoms with E-state index in [2.05, 4.69) is 0 Å². The van der Waals surface area contributed by atoms with Gasteiger partial charge in [-0.3, -0.25) is 0 Å². The van der Waals surface area contributed by atoms with Crippen molar-refractivity contribution in [3.63, 3.8) is 0 Å². The zero-order chi connectivity index (χ0) is 12.1. The molecule has 3 rings (SSSR count). The lowest BCUT2D eigenvalue weighted by atomic mass is 9.89. The van der Waals surface area contributed by atoms with Crippen LogP contribution in [0.2, 0.25) is 0 Å². The zero-order valence-corrected chi connectivity index (χ0v) is 9.01. The Bertz CT molecular complexity index is 450. The van der Waals surface area contributed by atoms with Crippen LogP contribution in [0.15, 0.2) is 18.2 Å². The van der Waals surface area contributed by atoms with Crippen LogP contribution in [-0.2, 0) is 17.3 Å². The molecule has 0 amide bonds. The van der Waals surface area contributed by atoms with Gasteiger partial charge >= 0.3 is 6.18 Å². The fourth-order valence-corrected chi connectivity index (χ4v) is 2.21. The zero-order valence-electron chi connectivity index (χ0n) is 9.01. The highest BCUT2D eigenvalue weighted by atomic mass is 19.4. The number of hydrogen-bond donors (Lipinski definition) is 0. The van der Waals surface area contributed by atoms with Crippen molar-refractivity contribution in [3.05, 3.63) is 29.3 Å². The van der Waals surface area contributed by atoms with E-state index in [1.54, 1.807) is 0 Å². The topological polar surface area (TPSA) is 18.5 Å². The predicted molar refractivity (Wildman–Crippen MR) is 53.9 cm³/mol. The van der Waals surface area contributed by atoms with E-state index in [1.165, 1.54) is 6.07 Å². The Kier molecular flexibility index (Phi) is 2.17. The van der Waals surface area contributed by atoms with Crippen LogP contribution in [0, 0.1) is 0 Å². The number of benzene rings is 1. The fourth-order valence-electron chi connectivity index (χ4n) is 2.21. The molecule has 1 aromatic carbocycles. The molecule has 2 aliphatic rings. The SMILES string of the molecule is FC(F)(F)c1ccc2c(c1)OC1(CC2)COC1. The molecule has 5 heteroatoms. The molecule has 0 aromatic heterocycles. The predicted octanol–water partition coefficient (Wildman–Crippen LogP) is 2.80. The average molecular weight is 244 g/mol. The van der Waals surface area contributed by atoms with Crippen LogP contribution in [0.3, 0.4) is 0 Å². The number of fused-ring (bicyclic) bond motifs is 1. The molecular formula is C12H11F3O2. The van der Waals surface area contributed by atoms with Gasteiger partial charge in [-0.1, -0.05) is 6.07 Å². The van der Waals surface area contributed by atoms with Gasteiger partial charge in [-0.2, -0.15) is 13.2 Å². The van der Waals surface area contributed by atoms with Crippen LogP contribution >= 0.6 is 0 Å². The Labute approximate surface area is 96.3 Å². The third kappa shape index (κ3) is 1.78. The van der Waals surface area contributed by atoms with E-state index in [1.807, 2.05) is 0 Å². The van der Waals surface area contributed by atoms with Gasteiger partial charge in [-0.25, -0.2) is 0 Å². The van der Waals surface area contributed by atoms with Crippen molar-refractivity contribution in [2.75, 3.05) is 13.2 Å². The van der Waals surface area contributed by atoms with E-state index < -0.39 is 11.7 Å². The van der Waals surface area contributed by atoms with E-state index in [9.17, 15) is 13.2 Å². The van der Waals surface area contributed by atoms with Crippen molar-refractivity contribution in [2.45, 2.75) is 24.6 Å². The van der Waals surface area contributed by atoms with Gasteiger partial charge in [-0.15, -0.1) is 0 Å². The van der Waals surface area contributed by atoms with Crippen molar-refractivity contribution in [1.82, 2.24) is 0 Å². The van der Waals surface area contributed by atoms with Gasteiger partial charge in [0.15, 0.2) is 5.60 Å². The van der Waals surface area contributed by atoms with Gasteiger partial charge in [0.1, 0.15) is 5.75 Å². The largest absolute Gasteiger partial charge is 0.482 e. The smallest absolute Gasteiger partial charge is 0.416 e. The van der Waals surface area contributed by atoms with E-state index in [0.717, 1.165) is 30.5 Å². The summed E-state index contributed by atoms with van der Waals surface area (Å²) in [5.74, 6) is 0.356. The molecule has 1 aromatic rings. The van der Waals surface area contributed by atoms with Crippen molar-refractivity contribution in [2.24, 2.45) is 0 Å². The number of halogens is 3. The molecule has 0 unspecified atom stereocenters. The quantitative estimate of drug-likeness (QED) is 0.698. The van der Waals surface area contributed by atoms with Gasteiger partial charge in [-0.05, 0) is 30.5 Å². The summed E-state index contributed by atoms with van der Waals surface area (Å²) >= 11 is 0. The normalized spacial score (nSPS) is 21.6. The molecular weight excluding hydrogens is 233 g/mol. The average Bonchev–Trinajstić information content (AvgIpc) is 2.24. The molecule has 0 radical (unpaired) electrons. The summed E-state index contributed by atoms with van der Waals surface area (Å²) in [5, 5.41) is 0. The molecule has 2 aliphatic heterocycles. The monoisotopic (exact) mass is 244 g/mol. The minimum absolute atomic E-state index is 0.356. The Hall–Kier alpha value is -1.23. The van der Waals surface area contributed by atoms with Crippen molar-refractivity contribution in [1.29, 1.82) is 0 Å². The number of hydrogen-bond acceptors (Lipinski definition) is 2. The van der Waals surface area contributed by atoms with Crippen LogP contribution in [0.5, 0.6) is 5.75 Å². The first kappa shape index (κ1) is 10.9. The minimum Gasteiger partial charge on any atom is -0.482 e. The third-order valence-electron chi connectivity index (χ3n) is 3.30. The number of alkyl halides is 3. The molecule has 92 valence electrons. The van der Waals surface area contributed by atoms with Gasteiger partial charge in [0.2, 0.25) is 0 Å². The Morgan fingerprint density at radius 1 is 1.18 bits per heavy atom. The fraction of sp³-hybridized carbons (Fsp3) is 0.500. The maximum atomic E-state index is 12.6. The van der Waals surface area contributed by atoms with Crippen LogP contribution < -0.4 is 4.74 Å². The summed E-state index contributed by atoms with van der Waals surface area (Å²) in [6.07, 6.45) is -2.76. The van der Waals surface area contributed by atoms with E-state index >= 15 is 0 Å². The first-order chi connectivity index (χ1) is 7.99. The molecule has 1 saturated heterocycles. The maximum absolute atomic E-state index is 12.6. The van der Waals surface area contributed by atoms with E-state index in [-0.39, 0.29) is 5.60 Å². The molecule has 17 heavy (non-hydrogen) atoms. The Morgan fingerprint density at radius 3 is 2.53 bits per heavy atom. The van der Waals surface area contributed by atoms with Crippen LogP contribution in [0.1, 0.15) is 17.5 Å². The van der Waals surface area contributed by atoms with Crippen molar-refractivity contribution in [3.8, 4) is 5.75 Å². The first-order valence-corrected chi connectivity index (χ1v) is 5.45. The van der Waals surface area contributed by atoms with E-state index in [0.29, 0.717) is 19.0 Å². The summed E-state index contributed by atoms with van der Waals surface area (Å²) in [5.41, 5.74) is -0.193.